The van der Waals surface area contributed by atoms with Crippen LogP contribution in [0.5, 0.6) is 0 Å². The molecule has 4 N–H and O–H groups in total. The van der Waals surface area contributed by atoms with Crippen LogP contribution in [0.3, 0.4) is 0 Å². The number of aromatic nitrogens is 3. The van der Waals surface area contributed by atoms with Crippen LogP contribution in [0.1, 0.15) is 21.6 Å². The minimum atomic E-state index is -3.45. The maximum Gasteiger partial charge on any atom is 0.339 e. The summed E-state index contributed by atoms with van der Waals surface area (Å²) in [4.78, 5) is 22.5. The monoisotopic (exact) mass is 433 g/mol. The van der Waals surface area contributed by atoms with E-state index in [0.29, 0.717) is 23.6 Å². The van der Waals surface area contributed by atoms with E-state index in [4.69, 9.17) is 10.8 Å². The maximum absolute atomic E-state index is 13.0. The number of carboxylic acids is 1. The number of hydrogen-bond acceptors (Lipinski definition) is 7. The third kappa shape index (κ3) is 5.86. The molecule has 0 unspecified atom stereocenters. The van der Waals surface area contributed by atoms with Crippen molar-refractivity contribution in [1.29, 1.82) is 0 Å². The molecular formula is C19H20FN5O4S. The molecule has 158 valence electrons. The number of aromatic carboxylic acids is 1. The Hall–Kier alpha value is -3.28. The maximum atomic E-state index is 13.0. The van der Waals surface area contributed by atoms with Crippen molar-refractivity contribution in [2.45, 2.75) is 18.5 Å². The Morgan fingerprint density at radius 2 is 1.97 bits per heavy atom. The van der Waals surface area contributed by atoms with Crippen molar-refractivity contribution in [3.8, 4) is 11.4 Å². The van der Waals surface area contributed by atoms with Crippen molar-refractivity contribution in [2.75, 3.05) is 7.05 Å². The van der Waals surface area contributed by atoms with Crippen LogP contribution in [0.25, 0.3) is 11.4 Å². The fraction of sp³-hybridized carbons (Fsp3) is 0.158. The molecule has 11 heteroatoms. The summed E-state index contributed by atoms with van der Waals surface area (Å²) in [6.45, 7) is 1.88. The van der Waals surface area contributed by atoms with Crippen LogP contribution in [0.4, 0.5) is 4.39 Å². The van der Waals surface area contributed by atoms with Gasteiger partial charge in [0.15, 0.2) is 10.9 Å². The number of nitrogens with two attached hydrogens (primary N) is 1. The Labute approximate surface area is 172 Å². The second-order valence-electron chi connectivity index (χ2n) is 5.92. The topological polar surface area (TPSA) is 148 Å². The number of benzene rings is 1. The highest BCUT2D eigenvalue weighted by Gasteiger charge is 2.12. The number of hydrogen-bond donors (Lipinski definition) is 3. The highest BCUT2D eigenvalue weighted by Crippen LogP contribution is 2.17. The Morgan fingerprint density at radius 3 is 2.53 bits per heavy atom. The first kappa shape index (κ1) is 23.0. The molecule has 3 aromatic rings. The van der Waals surface area contributed by atoms with Gasteiger partial charge in [0.25, 0.3) is 10.0 Å². The first-order chi connectivity index (χ1) is 14.2. The molecule has 30 heavy (non-hydrogen) atoms. The Bertz CT molecular complexity index is 1160. The van der Waals surface area contributed by atoms with E-state index in [1.54, 1.807) is 25.1 Å². The minimum absolute atomic E-state index is 0.00190. The largest absolute Gasteiger partial charge is 0.478 e. The van der Waals surface area contributed by atoms with Gasteiger partial charge in [0.2, 0.25) is 0 Å². The fourth-order valence-corrected chi connectivity index (χ4v) is 2.99. The summed E-state index contributed by atoms with van der Waals surface area (Å²) in [7, 11) is -2.11. The number of rotatable bonds is 5. The summed E-state index contributed by atoms with van der Waals surface area (Å²) in [5.41, 5.74) is 7.02. The molecule has 0 fully saturated rings. The molecule has 0 saturated heterocycles. The molecule has 0 atom stereocenters. The van der Waals surface area contributed by atoms with Gasteiger partial charge in [0.1, 0.15) is 5.82 Å². The van der Waals surface area contributed by atoms with E-state index in [2.05, 4.69) is 19.7 Å². The van der Waals surface area contributed by atoms with Crippen LogP contribution in [0, 0.1) is 12.7 Å². The van der Waals surface area contributed by atoms with Gasteiger partial charge < -0.3 is 10.8 Å². The number of nitrogens with one attached hydrogen (secondary N) is 1. The molecule has 0 saturated carbocycles. The van der Waals surface area contributed by atoms with Crippen LogP contribution < -0.4 is 10.5 Å². The normalized spacial score (nSPS) is 10.8. The van der Waals surface area contributed by atoms with E-state index in [1.807, 2.05) is 0 Å². The van der Waals surface area contributed by atoms with E-state index < -0.39 is 16.0 Å². The van der Waals surface area contributed by atoms with E-state index in [-0.39, 0.29) is 16.4 Å². The molecule has 9 nitrogen and oxygen atoms in total. The van der Waals surface area contributed by atoms with Crippen molar-refractivity contribution in [1.82, 2.24) is 19.7 Å². The van der Waals surface area contributed by atoms with Gasteiger partial charge >= 0.3 is 5.97 Å². The first-order valence-electron chi connectivity index (χ1n) is 8.59. The molecule has 0 bridgehead atoms. The number of nitrogens with zero attached hydrogens (tertiary/aromatic N) is 3. The molecule has 2 aromatic heterocycles. The molecule has 0 aliphatic rings. The lowest BCUT2D eigenvalue weighted by Gasteiger charge is -2.03. The molecule has 0 radical (unpaired) electrons. The SMILES string of the molecule is CNS(=O)(=O)c1cc(CN)ccn1.Cc1nc(-c2cccc(F)c2)ncc1C(=O)O. The summed E-state index contributed by atoms with van der Waals surface area (Å²) in [6.07, 6.45) is 2.65. The zero-order chi connectivity index (χ0) is 22.3. The van der Waals surface area contributed by atoms with Crippen molar-refractivity contribution in [2.24, 2.45) is 5.73 Å². The smallest absolute Gasteiger partial charge is 0.339 e. The number of halogens is 1. The Morgan fingerprint density at radius 1 is 1.23 bits per heavy atom. The van der Waals surface area contributed by atoms with E-state index >= 15 is 0 Å². The van der Waals surface area contributed by atoms with Gasteiger partial charge in [-0.3, -0.25) is 0 Å². The van der Waals surface area contributed by atoms with Crippen LogP contribution in [-0.2, 0) is 16.6 Å². The second kappa shape index (κ2) is 9.96. The number of sulfonamides is 1. The lowest BCUT2D eigenvalue weighted by atomic mass is 10.2. The van der Waals surface area contributed by atoms with E-state index in [9.17, 15) is 17.6 Å². The Kier molecular flexibility index (Phi) is 7.64. The van der Waals surface area contributed by atoms with Gasteiger partial charge in [0.05, 0.1) is 11.3 Å². The molecule has 1 aromatic carbocycles. The van der Waals surface area contributed by atoms with Gasteiger partial charge in [-0.1, -0.05) is 12.1 Å². The Balaban J connectivity index is 0.000000222. The summed E-state index contributed by atoms with van der Waals surface area (Å²) < 4.78 is 37.7. The zero-order valence-corrected chi connectivity index (χ0v) is 17.0. The third-order valence-corrected chi connectivity index (χ3v) is 5.18. The molecular weight excluding hydrogens is 413 g/mol. The summed E-state index contributed by atoms with van der Waals surface area (Å²) in [6, 6.07) is 8.96. The molecule has 3 rings (SSSR count). The predicted molar refractivity (Wildman–Crippen MR) is 107 cm³/mol. The number of carboxylic acid groups (broad SMARTS) is 1. The lowest BCUT2D eigenvalue weighted by Crippen LogP contribution is -2.20. The van der Waals surface area contributed by atoms with E-state index in [1.165, 1.54) is 37.6 Å². The van der Waals surface area contributed by atoms with Gasteiger partial charge in [-0.25, -0.2) is 37.3 Å². The highest BCUT2D eigenvalue weighted by atomic mass is 32.2. The van der Waals surface area contributed by atoms with Crippen molar-refractivity contribution < 1.29 is 22.7 Å². The molecule has 0 aliphatic carbocycles. The summed E-state index contributed by atoms with van der Waals surface area (Å²) in [5.74, 6) is -1.15. The first-order valence-corrected chi connectivity index (χ1v) is 10.1. The zero-order valence-electron chi connectivity index (χ0n) is 16.2. The molecule has 0 spiro atoms. The van der Waals surface area contributed by atoms with Crippen LogP contribution in [-0.4, -0.2) is 41.5 Å². The van der Waals surface area contributed by atoms with E-state index in [0.717, 1.165) is 5.56 Å². The average Bonchev–Trinajstić information content (AvgIpc) is 2.74. The van der Waals surface area contributed by atoms with Gasteiger partial charge in [-0.05, 0) is 43.8 Å². The van der Waals surface area contributed by atoms with Crippen LogP contribution >= 0.6 is 0 Å². The molecule has 0 amide bonds. The van der Waals surface area contributed by atoms with Crippen LogP contribution in [0.15, 0.2) is 53.8 Å². The van der Waals surface area contributed by atoms with Crippen molar-refractivity contribution in [3.63, 3.8) is 0 Å². The van der Waals surface area contributed by atoms with Gasteiger partial charge in [-0.15, -0.1) is 0 Å². The van der Waals surface area contributed by atoms with Crippen molar-refractivity contribution >= 4 is 16.0 Å². The predicted octanol–water partition coefficient (Wildman–Crippen LogP) is 1.74. The summed E-state index contributed by atoms with van der Waals surface area (Å²) in [5, 5.41) is 8.83. The lowest BCUT2D eigenvalue weighted by molar-refractivity contribution is 0.0695. The van der Waals surface area contributed by atoms with Crippen LogP contribution in [0.2, 0.25) is 0 Å². The minimum Gasteiger partial charge on any atom is -0.478 e. The molecule has 2 heterocycles. The number of pyridine rings is 1. The van der Waals surface area contributed by atoms with Crippen molar-refractivity contribution in [3.05, 3.63) is 71.4 Å². The standard InChI is InChI=1S/C12H9FN2O2.C7H11N3O2S/c1-7-10(12(16)17)6-14-11(15-7)8-3-2-4-9(13)5-8;1-9-13(11,12)7-4-6(5-8)2-3-10-7/h2-6H,1H3,(H,16,17);2-4,9H,5,8H2,1H3. The fourth-order valence-electron chi connectivity index (χ4n) is 2.27. The van der Waals surface area contributed by atoms with Gasteiger partial charge in [-0.2, -0.15) is 0 Å². The van der Waals surface area contributed by atoms with Gasteiger partial charge in [0, 0.05) is 24.5 Å². The number of aryl methyl sites for hydroxylation is 1. The summed E-state index contributed by atoms with van der Waals surface area (Å²) >= 11 is 0. The number of carbonyl (C=O) groups is 1. The third-order valence-electron chi connectivity index (χ3n) is 3.87. The second-order valence-corrected chi connectivity index (χ2v) is 7.76. The average molecular weight is 433 g/mol. The molecule has 0 aliphatic heterocycles. The quantitative estimate of drug-likeness (QED) is 0.551. The highest BCUT2D eigenvalue weighted by molar-refractivity contribution is 7.89.